The molecule has 22 heavy (non-hydrogen) atoms. The molecule has 0 saturated carbocycles. The van der Waals surface area contributed by atoms with E-state index in [4.69, 9.17) is 15.2 Å². The predicted molar refractivity (Wildman–Crippen MR) is 81.1 cm³/mol. The van der Waals surface area contributed by atoms with Crippen molar-refractivity contribution in [1.29, 1.82) is 0 Å². The van der Waals surface area contributed by atoms with E-state index < -0.39 is 11.9 Å². The summed E-state index contributed by atoms with van der Waals surface area (Å²) in [7, 11) is 1.69. The fourth-order valence-electron chi connectivity index (χ4n) is 2.50. The first-order valence-corrected chi connectivity index (χ1v) is 7.55. The van der Waals surface area contributed by atoms with E-state index in [9.17, 15) is 9.18 Å². The summed E-state index contributed by atoms with van der Waals surface area (Å²) < 4.78 is 24.0. The third kappa shape index (κ3) is 4.42. The standard InChI is InChI=1S/C16H23FN2O3/c1-19(8-11-22-14-5-3-2-4-13(14)17)16(20)15(18)12-6-9-21-10-7-12/h2-5,12,15H,6-11,18H2,1H3. The summed E-state index contributed by atoms with van der Waals surface area (Å²) in [6.07, 6.45) is 1.62. The van der Waals surface area contributed by atoms with Crippen LogP contribution in [-0.4, -0.2) is 50.3 Å². The second-order valence-corrected chi connectivity index (χ2v) is 5.51. The van der Waals surface area contributed by atoms with Crippen LogP contribution in [0.25, 0.3) is 0 Å². The number of amides is 1. The molecule has 2 rings (SSSR count). The average Bonchev–Trinajstić information content (AvgIpc) is 2.56. The lowest BCUT2D eigenvalue weighted by Crippen LogP contribution is -2.48. The maximum atomic E-state index is 13.4. The highest BCUT2D eigenvalue weighted by Crippen LogP contribution is 2.19. The van der Waals surface area contributed by atoms with Crippen molar-refractivity contribution in [3.8, 4) is 5.75 Å². The lowest BCUT2D eigenvalue weighted by atomic mass is 9.91. The largest absolute Gasteiger partial charge is 0.489 e. The second kappa shape index (κ2) is 8.10. The van der Waals surface area contributed by atoms with Crippen LogP contribution in [0.4, 0.5) is 4.39 Å². The molecule has 0 spiro atoms. The van der Waals surface area contributed by atoms with E-state index in [2.05, 4.69) is 0 Å². The summed E-state index contributed by atoms with van der Waals surface area (Å²) in [5, 5.41) is 0. The maximum Gasteiger partial charge on any atom is 0.239 e. The van der Waals surface area contributed by atoms with Crippen molar-refractivity contribution in [2.24, 2.45) is 11.7 Å². The van der Waals surface area contributed by atoms with Crippen molar-refractivity contribution < 1.29 is 18.7 Å². The van der Waals surface area contributed by atoms with Crippen molar-refractivity contribution in [3.05, 3.63) is 30.1 Å². The Morgan fingerprint density at radius 2 is 2.14 bits per heavy atom. The Hall–Kier alpha value is -1.66. The predicted octanol–water partition coefficient (Wildman–Crippen LogP) is 1.42. The SMILES string of the molecule is CN(CCOc1ccccc1F)C(=O)C(N)C1CCOCC1. The first-order valence-electron chi connectivity index (χ1n) is 7.55. The molecule has 0 aromatic heterocycles. The van der Waals surface area contributed by atoms with E-state index in [1.54, 1.807) is 30.1 Å². The number of carbonyl (C=O) groups is 1. The minimum absolute atomic E-state index is 0.107. The minimum atomic E-state index is -0.512. The van der Waals surface area contributed by atoms with Gasteiger partial charge in [0.05, 0.1) is 12.6 Å². The quantitative estimate of drug-likeness (QED) is 0.863. The maximum absolute atomic E-state index is 13.4. The average molecular weight is 310 g/mol. The van der Waals surface area contributed by atoms with E-state index >= 15 is 0 Å². The fraction of sp³-hybridized carbons (Fsp3) is 0.562. The fourth-order valence-corrected chi connectivity index (χ4v) is 2.50. The van der Waals surface area contributed by atoms with E-state index in [1.165, 1.54) is 6.07 Å². The lowest BCUT2D eigenvalue weighted by molar-refractivity contribution is -0.133. The van der Waals surface area contributed by atoms with Crippen LogP contribution in [0.5, 0.6) is 5.75 Å². The van der Waals surface area contributed by atoms with Crippen LogP contribution in [0.2, 0.25) is 0 Å². The number of halogens is 1. The van der Waals surface area contributed by atoms with Crippen LogP contribution in [0, 0.1) is 11.7 Å². The normalized spacial score (nSPS) is 17.0. The van der Waals surface area contributed by atoms with E-state index in [0.29, 0.717) is 19.8 Å². The van der Waals surface area contributed by atoms with Crippen LogP contribution in [-0.2, 0) is 9.53 Å². The highest BCUT2D eigenvalue weighted by Gasteiger charge is 2.28. The lowest BCUT2D eigenvalue weighted by Gasteiger charge is -2.29. The number of benzene rings is 1. The molecule has 1 aliphatic heterocycles. The second-order valence-electron chi connectivity index (χ2n) is 5.51. The Morgan fingerprint density at radius 1 is 1.45 bits per heavy atom. The molecule has 1 fully saturated rings. The van der Waals surface area contributed by atoms with Crippen molar-refractivity contribution in [3.63, 3.8) is 0 Å². The molecule has 1 unspecified atom stereocenters. The molecule has 6 heteroatoms. The van der Waals surface area contributed by atoms with Gasteiger partial charge in [-0.05, 0) is 30.9 Å². The number of hydrogen-bond acceptors (Lipinski definition) is 4. The monoisotopic (exact) mass is 310 g/mol. The molecule has 1 saturated heterocycles. The summed E-state index contributed by atoms with van der Waals surface area (Å²) in [4.78, 5) is 13.8. The van der Waals surface area contributed by atoms with Gasteiger partial charge in [0.2, 0.25) is 5.91 Å². The molecule has 5 nitrogen and oxygen atoms in total. The summed E-state index contributed by atoms with van der Waals surface area (Å²) in [6, 6.07) is 5.69. The van der Waals surface area contributed by atoms with Gasteiger partial charge >= 0.3 is 0 Å². The number of ether oxygens (including phenoxy) is 2. The van der Waals surface area contributed by atoms with E-state index in [1.807, 2.05) is 0 Å². The molecule has 1 aromatic carbocycles. The van der Waals surface area contributed by atoms with Gasteiger partial charge in [-0.1, -0.05) is 12.1 Å². The topological polar surface area (TPSA) is 64.8 Å². The molecule has 0 radical (unpaired) electrons. The zero-order valence-electron chi connectivity index (χ0n) is 12.8. The molecular formula is C16H23FN2O3. The Kier molecular flexibility index (Phi) is 6.15. The molecule has 0 bridgehead atoms. The van der Waals surface area contributed by atoms with Gasteiger partial charge in [0.15, 0.2) is 11.6 Å². The van der Waals surface area contributed by atoms with Crippen LogP contribution in [0.3, 0.4) is 0 Å². The number of nitrogens with two attached hydrogens (primary N) is 1. The number of hydrogen-bond donors (Lipinski definition) is 1. The molecule has 1 atom stereocenters. The Labute approximate surface area is 130 Å². The third-order valence-electron chi connectivity index (χ3n) is 3.96. The highest BCUT2D eigenvalue weighted by atomic mass is 19.1. The molecular weight excluding hydrogens is 287 g/mol. The third-order valence-corrected chi connectivity index (χ3v) is 3.96. The minimum Gasteiger partial charge on any atom is -0.489 e. The highest BCUT2D eigenvalue weighted by molar-refractivity contribution is 5.81. The Morgan fingerprint density at radius 3 is 2.82 bits per heavy atom. The zero-order valence-corrected chi connectivity index (χ0v) is 12.8. The van der Waals surface area contributed by atoms with E-state index in [0.717, 1.165) is 12.8 Å². The van der Waals surface area contributed by atoms with Crippen LogP contribution < -0.4 is 10.5 Å². The number of nitrogens with zero attached hydrogens (tertiary/aromatic N) is 1. The summed E-state index contributed by atoms with van der Waals surface area (Å²) in [6.45, 7) is 1.91. The van der Waals surface area contributed by atoms with Gasteiger partial charge in [-0.25, -0.2) is 4.39 Å². The van der Waals surface area contributed by atoms with Gasteiger partial charge in [0.1, 0.15) is 6.61 Å². The number of likely N-dealkylation sites (N-methyl/N-ethyl adjacent to an activating group) is 1. The molecule has 1 aromatic rings. The van der Waals surface area contributed by atoms with Crippen molar-refractivity contribution in [2.75, 3.05) is 33.4 Å². The Bertz CT molecular complexity index is 492. The van der Waals surface area contributed by atoms with Crippen molar-refractivity contribution in [2.45, 2.75) is 18.9 Å². The van der Waals surface area contributed by atoms with Crippen LogP contribution >= 0.6 is 0 Å². The molecule has 1 heterocycles. The van der Waals surface area contributed by atoms with Crippen LogP contribution in [0.15, 0.2) is 24.3 Å². The molecule has 1 aliphatic rings. The smallest absolute Gasteiger partial charge is 0.239 e. The van der Waals surface area contributed by atoms with Gasteiger partial charge in [-0.3, -0.25) is 4.79 Å². The van der Waals surface area contributed by atoms with Gasteiger partial charge in [-0.15, -0.1) is 0 Å². The molecule has 2 N–H and O–H groups in total. The molecule has 0 aliphatic carbocycles. The van der Waals surface area contributed by atoms with Gasteiger partial charge in [-0.2, -0.15) is 0 Å². The number of rotatable bonds is 6. The number of carbonyl (C=O) groups excluding carboxylic acids is 1. The van der Waals surface area contributed by atoms with E-state index in [-0.39, 0.29) is 24.2 Å². The van der Waals surface area contributed by atoms with Crippen molar-refractivity contribution >= 4 is 5.91 Å². The first-order chi connectivity index (χ1) is 10.6. The number of para-hydroxylation sites is 1. The molecule has 1 amide bonds. The van der Waals surface area contributed by atoms with Crippen LogP contribution in [0.1, 0.15) is 12.8 Å². The zero-order chi connectivity index (χ0) is 15.9. The van der Waals surface area contributed by atoms with Gasteiger partial charge < -0.3 is 20.1 Å². The molecule has 122 valence electrons. The Balaban J connectivity index is 1.77. The summed E-state index contributed by atoms with van der Waals surface area (Å²) in [5.74, 6) is -0.160. The summed E-state index contributed by atoms with van der Waals surface area (Å²) in [5.41, 5.74) is 6.05. The van der Waals surface area contributed by atoms with Gasteiger partial charge in [0.25, 0.3) is 0 Å². The summed E-state index contributed by atoms with van der Waals surface area (Å²) >= 11 is 0. The first kappa shape index (κ1) is 16.7. The van der Waals surface area contributed by atoms with Crippen molar-refractivity contribution in [1.82, 2.24) is 4.90 Å². The van der Waals surface area contributed by atoms with Gasteiger partial charge in [0, 0.05) is 20.3 Å².